The highest BCUT2D eigenvalue weighted by Gasteiger charge is 2.27. The fourth-order valence-electron chi connectivity index (χ4n) is 2.97. The number of pyridine rings is 1. The lowest BCUT2D eigenvalue weighted by Gasteiger charge is -2.29. The van der Waals surface area contributed by atoms with Crippen molar-refractivity contribution in [1.82, 2.24) is 9.88 Å². The molecular formula is C16H24Cl2N2. The highest BCUT2D eigenvalue weighted by Crippen LogP contribution is 2.34. The molecule has 0 bridgehead atoms. The van der Waals surface area contributed by atoms with Crippen LogP contribution < -0.4 is 0 Å². The molecule has 1 aliphatic heterocycles. The van der Waals surface area contributed by atoms with Crippen molar-refractivity contribution in [2.45, 2.75) is 46.6 Å². The minimum absolute atomic E-state index is 0.412. The third-order valence-electron chi connectivity index (χ3n) is 4.34. The lowest BCUT2D eigenvalue weighted by molar-refractivity contribution is 0.206. The Labute approximate surface area is 132 Å². The SMILES string of the molecule is CC(C)(C)C1CCCN(Cc2cnc(Cl)cc2Cl)CC1. The Morgan fingerprint density at radius 1 is 1.25 bits per heavy atom. The largest absolute Gasteiger partial charge is 0.299 e. The van der Waals surface area contributed by atoms with Crippen LogP contribution in [0.1, 0.15) is 45.6 Å². The van der Waals surface area contributed by atoms with Crippen LogP contribution in [0.2, 0.25) is 10.2 Å². The van der Waals surface area contributed by atoms with E-state index in [4.69, 9.17) is 23.2 Å². The van der Waals surface area contributed by atoms with Gasteiger partial charge in [0.05, 0.1) is 0 Å². The molecule has 0 radical (unpaired) electrons. The number of hydrogen-bond donors (Lipinski definition) is 0. The topological polar surface area (TPSA) is 16.1 Å². The van der Waals surface area contributed by atoms with Gasteiger partial charge in [-0.05, 0) is 49.8 Å². The van der Waals surface area contributed by atoms with E-state index in [1.165, 1.54) is 19.3 Å². The van der Waals surface area contributed by atoms with E-state index in [9.17, 15) is 0 Å². The van der Waals surface area contributed by atoms with Crippen molar-refractivity contribution in [3.05, 3.63) is 28.0 Å². The zero-order valence-electron chi connectivity index (χ0n) is 12.6. The maximum Gasteiger partial charge on any atom is 0.130 e. The standard InChI is InChI=1S/C16H24Cl2N2/c1-16(2,3)13-5-4-7-20(8-6-13)11-12-10-19-15(18)9-14(12)17/h9-10,13H,4-8,11H2,1-3H3. The van der Waals surface area contributed by atoms with E-state index < -0.39 is 0 Å². The first-order valence-electron chi connectivity index (χ1n) is 7.38. The molecule has 1 atom stereocenters. The zero-order chi connectivity index (χ0) is 14.8. The molecule has 4 heteroatoms. The number of aromatic nitrogens is 1. The average Bonchev–Trinajstić information content (AvgIpc) is 2.58. The van der Waals surface area contributed by atoms with Crippen molar-refractivity contribution in [3.8, 4) is 0 Å². The van der Waals surface area contributed by atoms with Crippen LogP contribution in [0.25, 0.3) is 0 Å². The first-order valence-corrected chi connectivity index (χ1v) is 8.14. The fraction of sp³-hybridized carbons (Fsp3) is 0.688. The van der Waals surface area contributed by atoms with Crippen LogP contribution in [0.15, 0.2) is 12.3 Å². The van der Waals surface area contributed by atoms with Crippen molar-refractivity contribution in [1.29, 1.82) is 0 Å². The van der Waals surface area contributed by atoms with Crippen LogP contribution in [0.5, 0.6) is 0 Å². The summed E-state index contributed by atoms with van der Waals surface area (Å²) >= 11 is 12.1. The third kappa shape index (κ3) is 4.34. The predicted molar refractivity (Wildman–Crippen MR) is 86.3 cm³/mol. The van der Waals surface area contributed by atoms with Gasteiger partial charge in [0.1, 0.15) is 5.15 Å². The van der Waals surface area contributed by atoms with Gasteiger partial charge in [-0.2, -0.15) is 0 Å². The molecule has 1 saturated heterocycles. The van der Waals surface area contributed by atoms with Gasteiger partial charge in [-0.1, -0.05) is 44.0 Å². The minimum Gasteiger partial charge on any atom is -0.299 e. The molecule has 1 fully saturated rings. The molecule has 0 aliphatic carbocycles. The minimum atomic E-state index is 0.412. The molecule has 1 aromatic heterocycles. The summed E-state index contributed by atoms with van der Waals surface area (Å²) in [7, 11) is 0. The molecule has 2 heterocycles. The monoisotopic (exact) mass is 314 g/mol. The van der Waals surface area contributed by atoms with Crippen LogP contribution in [-0.2, 0) is 6.54 Å². The van der Waals surface area contributed by atoms with Gasteiger partial charge in [0, 0.05) is 23.3 Å². The molecule has 2 rings (SSSR count). The van der Waals surface area contributed by atoms with Gasteiger partial charge >= 0.3 is 0 Å². The number of nitrogens with zero attached hydrogens (tertiary/aromatic N) is 2. The Hall–Kier alpha value is -0.310. The number of likely N-dealkylation sites (tertiary alicyclic amines) is 1. The second-order valence-electron chi connectivity index (χ2n) is 6.87. The summed E-state index contributed by atoms with van der Waals surface area (Å²) in [5, 5.41) is 1.18. The quantitative estimate of drug-likeness (QED) is 0.711. The van der Waals surface area contributed by atoms with Crippen molar-refractivity contribution in [2.75, 3.05) is 13.1 Å². The fourth-order valence-corrected chi connectivity index (χ4v) is 3.40. The molecule has 112 valence electrons. The van der Waals surface area contributed by atoms with E-state index in [0.29, 0.717) is 10.6 Å². The molecule has 0 amide bonds. The Morgan fingerprint density at radius 3 is 2.65 bits per heavy atom. The molecule has 1 aromatic rings. The lowest BCUT2D eigenvalue weighted by atomic mass is 9.77. The van der Waals surface area contributed by atoms with E-state index in [0.717, 1.165) is 36.1 Å². The first-order chi connectivity index (χ1) is 9.36. The van der Waals surface area contributed by atoms with Crippen LogP contribution in [0.4, 0.5) is 0 Å². The number of halogens is 2. The van der Waals surface area contributed by atoms with Gasteiger partial charge < -0.3 is 0 Å². The third-order valence-corrected chi connectivity index (χ3v) is 4.89. The number of hydrogen-bond acceptors (Lipinski definition) is 2. The molecule has 2 nitrogen and oxygen atoms in total. The summed E-state index contributed by atoms with van der Waals surface area (Å²) in [6.07, 6.45) is 5.66. The highest BCUT2D eigenvalue weighted by atomic mass is 35.5. The van der Waals surface area contributed by atoms with Gasteiger partial charge in [0.15, 0.2) is 0 Å². The van der Waals surface area contributed by atoms with Crippen LogP contribution in [0, 0.1) is 11.3 Å². The van der Waals surface area contributed by atoms with Crippen LogP contribution in [-0.4, -0.2) is 23.0 Å². The number of rotatable bonds is 2. The lowest BCUT2D eigenvalue weighted by Crippen LogP contribution is -2.26. The highest BCUT2D eigenvalue weighted by molar-refractivity contribution is 6.34. The Kier molecular flexibility index (Phi) is 5.33. The molecular weight excluding hydrogens is 291 g/mol. The van der Waals surface area contributed by atoms with E-state index >= 15 is 0 Å². The Morgan fingerprint density at radius 2 is 2.00 bits per heavy atom. The van der Waals surface area contributed by atoms with Crippen LogP contribution >= 0.6 is 23.2 Å². The molecule has 1 unspecified atom stereocenters. The Bertz CT molecular complexity index is 454. The van der Waals surface area contributed by atoms with Crippen molar-refractivity contribution < 1.29 is 0 Å². The summed E-state index contributed by atoms with van der Waals surface area (Å²) in [6.45, 7) is 10.2. The summed E-state index contributed by atoms with van der Waals surface area (Å²) < 4.78 is 0. The second-order valence-corrected chi connectivity index (χ2v) is 7.66. The zero-order valence-corrected chi connectivity index (χ0v) is 14.1. The van der Waals surface area contributed by atoms with Crippen molar-refractivity contribution in [2.24, 2.45) is 11.3 Å². The van der Waals surface area contributed by atoms with E-state index in [1.807, 2.05) is 0 Å². The Balaban J connectivity index is 1.97. The van der Waals surface area contributed by atoms with Gasteiger partial charge in [-0.15, -0.1) is 0 Å². The summed E-state index contributed by atoms with van der Waals surface area (Å²) in [6, 6.07) is 1.73. The van der Waals surface area contributed by atoms with Crippen LogP contribution in [0.3, 0.4) is 0 Å². The second kappa shape index (κ2) is 6.64. The maximum absolute atomic E-state index is 6.24. The van der Waals surface area contributed by atoms with E-state index in [2.05, 4.69) is 30.7 Å². The molecule has 0 N–H and O–H groups in total. The predicted octanol–water partition coefficient (Wildman–Crippen LogP) is 5.04. The normalized spacial score (nSPS) is 21.8. The molecule has 20 heavy (non-hydrogen) atoms. The summed E-state index contributed by atoms with van der Waals surface area (Å²) in [5.74, 6) is 0.811. The summed E-state index contributed by atoms with van der Waals surface area (Å²) in [5.41, 5.74) is 1.49. The maximum atomic E-state index is 6.24. The van der Waals surface area contributed by atoms with Crippen molar-refractivity contribution >= 4 is 23.2 Å². The summed E-state index contributed by atoms with van der Waals surface area (Å²) in [4.78, 5) is 6.63. The average molecular weight is 315 g/mol. The smallest absolute Gasteiger partial charge is 0.130 e. The molecule has 0 saturated carbocycles. The molecule has 0 aromatic carbocycles. The molecule has 0 spiro atoms. The van der Waals surface area contributed by atoms with Gasteiger partial charge in [-0.3, -0.25) is 4.90 Å². The van der Waals surface area contributed by atoms with E-state index in [-0.39, 0.29) is 0 Å². The van der Waals surface area contributed by atoms with Crippen molar-refractivity contribution in [3.63, 3.8) is 0 Å². The van der Waals surface area contributed by atoms with Gasteiger partial charge in [-0.25, -0.2) is 4.98 Å². The first kappa shape index (κ1) is 16.1. The van der Waals surface area contributed by atoms with E-state index in [1.54, 1.807) is 12.3 Å². The van der Waals surface area contributed by atoms with Gasteiger partial charge in [0.25, 0.3) is 0 Å². The van der Waals surface area contributed by atoms with Gasteiger partial charge in [0.2, 0.25) is 0 Å². The molecule has 1 aliphatic rings.